The van der Waals surface area contributed by atoms with Crippen LogP contribution in [0.2, 0.25) is 0 Å². The second-order valence-electron chi connectivity index (χ2n) is 11.7. The maximum Gasteiger partial charge on any atom is 0.348 e. The zero-order chi connectivity index (χ0) is 25.0. The average Bonchev–Trinajstić information content (AvgIpc) is 3.03. The molecule has 0 radical (unpaired) electrons. The van der Waals surface area contributed by atoms with E-state index in [1.54, 1.807) is 20.8 Å². The molecule has 2 saturated carbocycles. The highest BCUT2D eigenvalue weighted by atomic mass is 16.7. The van der Waals surface area contributed by atoms with Gasteiger partial charge in [-0.15, -0.1) is 0 Å². The maximum absolute atomic E-state index is 13.2. The molecule has 9 nitrogen and oxygen atoms in total. The molecule has 3 N–H and O–H groups in total. The van der Waals surface area contributed by atoms with Gasteiger partial charge in [-0.05, 0) is 37.2 Å². The molecule has 1 spiro atoms. The third kappa shape index (κ3) is 2.72. The van der Waals surface area contributed by atoms with E-state index < -0.39 is 76.5 Å². The Bertz CT molecular complexity index is 973. The summed E-state index contributed by atoms with van der Waals surface area (Å²) in [6.07, 6.45) is -2.99. The fraction of sp³-hybridized carbons (Fsp3) is 0.800. The van der Waals surface area contributed by atoms with Crippen LogP contribution in [0.3, 0.4) is 0 Å². The normalized spacial score (nSPS) is 51.4. The van der Waals surface area contributed by atoms with Crippen molar-refractivity contribution in [2.75, 3.05) is 6.61 Å². The average molecular weight is 479 g/mol. The van der Waals surface area contributed by atoms with Crippen molar-refractivity contribution in [3.8, 4) is 0 Å². The molecule has 0 aromatic carbocycles. The number of hydrogen-bond acceptors (Lipinski definition) is 9. The SMILES string of the molecule is CC1=CC(=O)[C@@H](O)[C@]2(C)[C@H]3C4(O)OC[C@]35[C@H]([C@@H](C)[C@H]4O)[C@@H](OC(=O)CC(C)C)C(=O)O[C@@H]5C[C@@H]12. The third-order valence-corrected chi connectivity index (χ3v) is 9.46. The zero-order valence-electron chi connectivity index (χ0n) is 20.2. The van der Waals surface area contributed by atoms with E-state index >= 15 is 0 Å². The first-order valence-electron chi connectivity index (χ1n) is 12.1. The van der Waals surface area contributed by atoms with Crippen LogP contribution in [0.15, 0.2) is 11.6 Å². The number of hydrogen-bond donors (Lipinski definition) is 3. The highest BCUT2D eigenvalue weighted by molar-refractivity contribution is 5.96. The van der Waals surface area contributed by atoms with Gasteiger partial charge in [0.05, 0.1) is 6.61 Å². The van der Waals surface area contributed by atoms with E-state index in [4.69, 9.17) is 14.2 Å². The lowest BCUT2D eigenvalue weighted by atomic mass is 9.38. The number of carbonyl (C=O) groups excluding carboxylic acids is 3. The molecule has 2 aliphatic heterocycles. The fourth-order valence-corrected chi connectivity index (χ4v) is 8.26. The number of aliphatic hydroxyl groups excluding tert-OH is 2. The molecule has 2 bridgehead atoms. The Hall–Kier alpha value is -1.81. The van der Waals surface area contributed by atoms with Crippen LogP contribution >= 0.6 is 0 Å². The monoisotopic (exact) mass is 478 g/mol. The van der Waals surface area contributed by atoms with E-state index in [2.05, 4.69) is 0 Å². The molecule has 5 aliphatic rings. The molecule has 188 valence electrons. The van der Waals surface area contributed by atoms with Crippen molar-refractivity contribution >= 4 is 17.7 Å². The molecule has 5 rings (SSSR count). The number of fused-ring (bicyclic) bond motifs is 1. The minimum atomic E-state index is -2.06. The van der Waals surface area contributed by atoms with Crippen molar-refractivity contribution in [3.05, 3.63) is 11.6 Å². The summed E-state index contributed by atoms with van der Waals surface area (Å²) >= 11 is 0. The largest absolute Gasteiger partial charge is 0.459 e. The summed E-state index contributed by atoms with van der Waals surface area (Å²) in [4.78, 5) is 38.6. The summed E-state index contributed by atoms with van der Waals surface area (Å²) in [6, 6.07) is 0. The first kappa shape index (κ1) is 23.9. The Kier molecular flexibility index (Phi) is 5.17. The van der Waals surface area contributed by atoms with Crippen molar-refractivity contribution in [1.29, 1.82) is 0 Å². The Balaban J connectivity index is 1.68. The summed E-state index contributed by atoms with van der Waals surface area (Å²) in [6.45, 7) is 8.91. The number of ether oxygens (including phenoxy) is 3. The van der Waals surface area contributed by atoms with E-state index in [0.29, 0.717) is 6.42 Å². The second-order valence-corrected chi connectivity index (χ2v) is 11.7. The molecule has 0 aromatic heterocycles. The lowest BCUT2D eigenvalue weighted by Gasteiger charge is -2.68. The molecule has 34 heavy (non-hydrogen) atoms. The molecule has 0 amide bonds. The molecule has 3 aliphatic carbocycles. The van der Waals surface area contributed by atoms with Gasteiger partial charge >= 0.3 is 11.9 Å². The first-order valence-corrected chi connectivity index (χ1v) is 12.1. The van der Waals surface area contributed by atoms with Crippen molar-refractivity contribution < 1.29 is 43.9 Å². The number of carbonyl (C=O) groups is 3. The topological polar surface area (TPSA) is 140 Å². The Labute approximate surface area is 198 Å². The predicted molar refractivity (Wildman–Crippen MR) is 116 cm³/mol. The van der Waals surface area contributed by atoms with Crippen molar-refractivity contribution in [1.82, 2.24) is 0 Å². The van der Waals surface area contributed by atoms with E-state index in [1.807, 2.05) is 13.8 Å². The fourth-order valence-electron chi connectivity index (χ4n) is 8.26. The summed E-state index contributed by atoms with van der Waals surface area (Å²) < 4.78 is 17.5. The van der Waals surface area contributed by atoms with Crippen LogP contribution in [0, 0.1) is 40.4 Å². The molecule has 2 saturated heterocycles. The van der Waals surface area contributed by atoms with Gasteiger partial charge in [-0.3, -0.25) is 9.59 Å². The van der Waals surface area contributed by atoms with Crippen LogP contribution < -0.4 is 0 Å². The predicted octanol–water partition coefficient (Wildman–Crippen LogP) is 0.734. The van der Waals surface area contributed by atoms with E-state index in [9.17, 15) is 29.7 Å². The van der Waals surface area contributed by atoms with Crippen molar-refractivity contribution in [2.45, 2.75) is 77.7 Å². The third-order valence-electron chi connectivity index (χ3n) is 9.46. The second kappa shape index (κ2) is 7.35. The number of allylic oxidation sites excluding steroid dienone is 1. The van der Waals surface area contributed by atoms with E-state index in [0.717, 1.165) is 5.57 Å². The van der Waals surface area contributed by atoms with Crippen LogP contribution in [0.4, 0.5) is 0 Å². The number of esters is 2. The van der Waals surface area contributed by atoms with Crippen LogP contribution in [0.1, 0.15) is 47.5 Å². The van der Waals surface area contributed by atoms with Crippen LogP contribution in [-0.4, -0.2) is 69.9 Å². The zero-order valence-corrected chi connectivity index (χ0v) is 20.2. The van der Waals surface area contributed by atoms with E-state index in [1.165, 1.54) is 6.08 Å². The smallest absolute Gasteiger partial charge is 0.348 e. The molecule has 11 atom stereocenters. The highest BCUT2D eigenvalue weighted by Gasteiger charge is 2.83. The summed E-state index contributed by atoms with van der Waals surface area (Å²) in [5, 5.41) is 34.3. The summed E-state index contributed by atoms with van der Waals surface area (Å²) in [5.41, 5.74) is -1.51. The van der Waals surface area contributed by atoms with Crippen molar-refractivity contribution in [2.24, 2.45) is 40.4 Å². The number of aliphatic hydroxyl groups is 3. The maximum atomic E-state index is 13.2. The van der Waals surface area contributed by atoms with Gasteiger partial charge in [0.15, 0.2) is 11.6 Å². The van der Waals surface area contributed by atoms with Gasteiger partial charge in [-0.25, -0.2) is 4.79 Å². The Morgan fingerprint density at radius 3 is 2.62 bits per heavy atom. The van der Waals surface area contributed by atoms with Crippen molar-refractivity contribution in [3.63, 3.8) is 0 Å². The molecular weight excluding hydrogens is 444 g/mol. The lowest BCUT2D eigenvalue weighted by molar-refractivity contribution is -0.340. The van der Waals surface area contributed by atoms with Crippen LogP contribution in [-0.2, 0) is 28.6 Å². The van der Waals surface area contributed by atoms with Gasteiger partial charge in [0.25, 0.3) is 0 Å². The van der Waals surface area contributed by atoms with Gasteiger partial charge in [0, 0.05) is 29.1 Å². The molecule has 4 fully saturated rings. The molecule has 1 unspecified atom stereocenters. The van der Waals surface area contributed by atoms with Crippen LogP contribution in [0.5, 0.6) is 0 Å². The number of ketones is 1. The molecule has 9 heteroatoms. The quantitative estimate of drug-likeness (QED) is 0.501. The molecule has 0 aromatic rings. The van der Waals surface area contributed by atoms with Gasteiger partial charge < -0.3 is 29.5 Å². The minimum absolute atomic E-state index is 0.0209. The number of rotatable bonds is 3. The van der Waals surface area contributed by atoms with E-state index in [-0.39, 0.29) is 24.9 Å². The standard InChI is InChI=1S/C25H34O9/c1-10(2)6-16(27)34-18-17-12(4)19(28)25(31)22-23(5)13(11(3)7-14(26)20(23)29)8-15(33-21(18)30)24(17,22)9-32-25/h7,10,12-13,15,17-20,22,28-29,31H,6,8-9H2,1-5H3/t12-,13+,15-,17-,18-,19-,20-,22-,23-,24+,25?/m1/s1. The highest BCUT2D eigenvalue weighted by Crippen LogP contribution is 2.73. The Morgan fingerprint density at radius 1 is 1.29 bits per heavy atom. The van der Waals surface area contributed by atoms with Gasteiger partial charge in [0.1, 0.15) is 18.3 Å². The lowest BCUT2D eigenvalue weighted by Crippen LogP contribution is -2.78. The van der Waals surface area contributed by atoms with Gasteiger partial charge in [-0.1, -0.05) is 33.3 Å². The van der Waals surface area contributed by atoms with Gasteiger partial charge in [0.2, 0.25) is 6.10 Å². The van der Waals surface area contributed by atoms with Gasteiger partial charge in [-0.2, -0.15) is 0 Å². The summed E-state index contributed by atoms with van der Waals surface area (Å²) in [7, 11) is 0. The molecular formula is C25H34O9. The minimum Gasteiger partial charge on any atom is -0.459 e. The Morgan fingerprint density at radius 2 is 1.97 bits per heavy atom. The first-order chi connectivity index (χ1) is 15.8. The molecule has 2 heterocycles. The summed E-state index contributed by atoms with van der Waals surface area (Å²) in [5.74, 6) is -6.44. The van der Waals surface area contributed by atoms with Crippen LogP contribution in [0.25, 0.3) is 0 Å².